The lowest BCUT2D eigenvalue weighted by atomic mass is 10.3. The summed E-state index contributed by atoms with van der Waals surface area (Å²) in [5.41, 5.74) is 0.396. The Morgan fingerprint density at radius 3 is 2.42 bits per heavy atom. The van der Waals surface area contributed by atoms with Crippen LogP contribution in [0.15, 0.2) is 12.1 Å². The summed E-state index contributed by atoms with van der Waals surface area (Å²) in [5.74, 6) is 0.282. The first kappa shape index (κ1) is 17.1. The molecule has 0 radical (unpaired) electrons. The van der Waals surface area contributed by atoms with Gasteiger partial charge in [-0.15, -0.1) is 0 Å². The highest BCUT2D eigenvalue weighted by atomic mass is 35.6. The van der Waals surface area contributed by atoms with Crippen molar-refractivity contribution in [1.29, 1.82) is 0 Å². The monoisotopic (exact) mass is 347 g/mol. The molecule has 0 bridgehead atoms. The van der Waals surface area contributed by atoms with Gasteiger partial charge in [-0.3, -0.25) is 0 Å². The lowest BCUT2D eigenvalue weighted by molar-refractivity contribution is 0.0537. The number of nitrogens with zero attached hydrogens (tertiary/aromatic N) is 1. The summed E-state index contributed by atoms with van der Waals surface area (Å²) in [6.07, 6.45) is 0. The highest BCUT2D eigenvalue weighted by molar-refractivity contribution is 6.66. The number of aromatic nitrogens is 1. The molecule has 0 saturated heterocycles. The van der Waals surface area contributed by atoms with E-state index in [1.54, 1.807) is 7.11 Å². The Kier molecular flexibility index (Phi) is 7.50. The van der Waals surface area contributed by atoms with Gasteiger partial charge in [0.25, 0.3) is 0 Å². The molecule has 1 heterocycles. The van der Waals surface area contributed by atoms with Gasteiger partial charge in [-0.1, -0.05) is 46.4 Å². The minimum atomic E-state index is -1.57. The summed E-state index contributed by atoms with van der Waals surface area (Å²) < 4.78 is 13.9. The first-order valence-corrected chi connectivity index (χ1v) is 6.89. The lowest BCUT2D eigenvalue weighted by Gasteiger charge is -2.13. The minimum Gasteiger partial charge on any atom is -0.475 e. The Bertz CT molecular complexity index is 398. The number of hydrogen-bond acceptors (Lipinski definition) is 4. The number of alkyl halides is 3. The van der Waals surface area contributed by atoms with Crippen molar-refractivity contribution >= 4 is 46.4 Å². The zero-order valence-corrected chi connectivity index (χ0v) is 13.2. The van der Waals surface area contributed by atoms with Crippen LogP contribution in [-0.4, -0.2) is 38.5 Å². The number of hydrogen-bond donors (Lipinski definition) is 0. The third kappa shape index (κ3) is 6.84. The summed E-state index contributed by atoms with van der Waals surface area (Å²) >= 11 is 23.1. The molecule has 0 aliphatic rings. The van der Waals surface area contributed by atoms with Gasteiger partial charge in [0.1, 0.15) is 11.8 Å². The summed E-state index contributed by atoms with van der Waals surface area (Å²) in [5, 5.41) is 0.194. The van der Waals surface area contributed by atoms with Gasteiger partial charge in [0, 0.05) is 18.7 Å². The molecular formula is C11H13Cl4NO3. The van der Waals surface area contributed by atoms with Crippen LogP contribution in [0.2, 0.25) is 5.15 Å². The van der Waals surface area contributed by atoms with E-state index in [-0.39, 0.29) is 11.0 Å². The number of halogens is 4. The molecule has 19 heavy (non-hydrogen) atoms. The molecule has 0 atom stereocenters. The second kappa shape index (κ2) is 8.35. The minimum absolute atomic E-state index is 0.194. The van der Waals surface area contributed by atoms with Crippen LogP contribution in [0, 0.1) is 0 Å². The third-order valence-electron chi connectivity index (χ3n) is 2.01. The van der Waals surface area contributed by atoms with Gasteiger partial charge in [0.15, 0.2) is 0 Å². The number of ether oxygens (including phenoxy) is 3. The normalized spacial score (nSPS) is 11.6. The van der Waals surface area contributed by atoms with E-state index in [0.29, 0.717) is 32.0 Å². The van der Waals surface area contributed by atoms with Crippen molar-refractivity contribution in [3.63, 3.8) is 0 Å². The highest BCUT2D eigenvalue weighted by Gasteiger charge is 2.24. The second-order valence-electron chi connectivity index (χ2n) is 3.47. The van der Waals surface area contributed by atoms with Crippen LogP contribution in [0.5, 0.6) is 5.88 Å². The molecule has 0 aliphatic heterocycles. The van der Waals surface area contributed by atoms with Gasteiger partial charge in [0.2, 0.25) is 9.67 Å². The second-order valence-corrected chi connectivity index (χ2v) is 6.14. The highest BCUT2D eigenvalue weighted by Crippen LogP contribution is 2.39. The molecule has 8 heteroatoms. The van der Waals surface area contributed by atoms with Crippen molar-refractivity contribution in [3.8, 4) is 5.88 Å². The lowest BCUT2D eigenvalue weighted by Crippen LogP contribution is -2.11. The molecule has 0 saturated carbocycles. The van der Waals surface area contributed by atoms with Gasteiger partial charge in [-0.05, 0) is 6.07 Å². The summed E-state index contributed by atoms with van der Waals surface area (Å²) in [6.45, 7) is 1.76. The molecule has 0 aliphatic carbocycles. The summed E-state index contributed by atoms with van der Waals surface area (Å²) in [6, 6.07) is 2.99. The quantitative estimate of drug-likeness (QED) is 0.429. The maximum absolute atomic E-state index is 5.82. The number of pyridine rings is 1. The maximum atomic E-state index is 5.82. The van der Waals surface area contributed by atoms with E-state index in [9.17, 15) is 0 Å². The first-order chi connectivity index (χ1) is 8.93. The molecule has 0 N–H and O–H groups in total. The van der Waals surface area contributed by atoms with E-state index in [0.717, 1.165) is 0 Å². The molecule has 1 aromatic rings. The molecule has 0 unspecified atom stereocenters. The average molecular weight is 349 g/mol. The Balaban J connectivity index is 2.48. The summed E-state index contributed by atoms with van der Waals surface area (Å²) in [4.78, 5) is 3.97. The van der Waals surface area contributed by atoms with E-state index >= 15 is 0 Å². The van der Waals surface area contributed by atoms with Crippen LogP contribution in [-0.2, 0) is 13.3 Å². The average Bonchev–Trinajstić information content (AvgIpc) is 2.32. The van der Waals surface area contributed by atoms with Crippen molar-refractivity contribution in [2.24, 2.45) is 0 Å². The molecule has 0 spiro atoms. The van der Waals surface area contributed by atoms with Crippen LogP contribution in [0.25, 0.3) is 0 Å². The number of methoxy groups -OCH3 is 1. The van der Waals surface area contributed by atoms with Crippen LogP contribution < -0.4 is 4.74 Å². The van der Waals surface area contributed by atoms with E-state index < -0.39 is 3.79 Å². The van der Waals surface area contributed by atoms with Crippen LogP contribution in [0.1, 0.15) is 5.56 Å². The van der Waals surface area contributed by atoms with Gasteiger partial charge < -0.3 is 14.2 Å². The molecule has 0 aromatic carbocycles. The molecule has 1 aromatic heterocycles. The fourth-order valence-corrected chi connectivity index (χ4v) is 1.69. The fraction of sp³-hybridized carbons (Fsp3) is 0.545. The predicted octanol–water partition coefficient (Wildman–Crippen LogP) is 3.60. The van der Waals surface area contributed by atoms with Crippen molar-refractivity contribution in [2.75, 3.05) is 33.5 Å². The largest absolute Gasteiger partial charge is 0.475 e. The van der Waals surface area contributed by atoms with Crippen LogP contribution in [0.4, 0.5) is 0 Å². The van der Waals surface area contributed by atoms with Crippen molar-refractivity contribution < 1.29 is 14.2 Å². The fourth-order valence-electron chi connectivity index (χ4n) is 1.16. The summed E-state index contributed by atoms with van der Waals surface area (Å²) in [7, 11) is 1.61. The van der Waals surface area contributed by atoms with Crippen molar-refractivity contribution in [3.05, 3.63) is 22.8 Å². The van der Waals surface area contributed by atoms with Crippen LogP contribution in [0.3, 0.4) is 0 Å². The van der Waals surface area contributed by atoms with E-state index in [2.05, 4.69) is 4.98 Å². The molecule has 4 nitrogen and oxygen atoms in total. The van der Waals surface area contributed by atoms with Crippen LogP contribution >= 0.6 is 46.4 Å². The zero-order chi connectivity index (χ0) is 14.3. The maximum Gasteiger partial charge on any atom is 0.216 e. The molecule has 108 valence electrons. The van der Waals surface area contributed by atoms with Gasteiger partial charge in [0.05, 0.1) is 19.8 Å². The van der Waals surface area contributed by atoms with E-state index in [1.165, 1.54) is 12.1 Å². The van der Waals surface area contributed by atoms with E-state index in [4.69, 9.17) is 60.6 Å². The van der Waals surface area contributed by atoms with Crippen molar-refractivity contribution in [1.82, 2.24) is 4.98 Å². The van der Waals surface area contributed by atoms with Gasteiger partial charge >= 0.3 is 0 Å². The standard InChI is InChI=1S/C11H13Cl4NO3/c1-17-2-3-18-4-5-19-10-7-8(11(13,14)15)6-9(12)16-10/h6-7H,2-5H2,1H3. The molecular weight excluding hydrogens is 336 g/mol. The van der Waals surface area contributed by atoms with Gasteiger partial charge in [-0.2, -0.15) is 0 Å². The molecule has 0 fully saturated rings. The van der Waals surface area contributed by atoms with Crippen molar-refractivity contribution in [2.45, 2.75) is 3.79 Å². The molecule has 0 amide bonds. The molecule has 1 rings (SSSR count). The van der Waals surface area contributed by atoms with E-state index in [1.807, 2.05) is 0 Å². The predicted molar refractivity (Wildman–Crippen MR) is 76.7 cm³/mol. The Labute approximate surface area is 131 Å². The third-order valence-corrected chi connectivity index (χ3v) is 2.86. The first-order valence-electron chi connectivity index (χ1n) is 5.37. The smallest absolute Gasteiger partial charge is 0.216 e. The zero-order valence-electron chi connectivity index (χ0n) is 10.2. The SMILES string of the molecule is COCCOCCOc1cc(C(Cl)(Cl)Cl)cc(Cl)n1. The topological polar surface area (TPSA) is 40.6 Å². The number of rotatable bonds is 7. The Hall–Kier alpha value is 0.0300. The Morgan fingerprint density at radius 1 is 1.11 bits per heavy atom. The van der Waals surface area contributed by atoms with Gasteiger partial charge in [-0.25, -0.2) is 4.98 Å². The Morgan fingerprint density at radius 2 is 1.79 bits per heavy atom.